The van der Waals surface area contributed by atoms with Crippen LogP contribution in [0.2, 0.25) is 0 Å². The molecule has 1 fully saturated rings. The first-order chi connectivity index (χ1) is 14.2. The number of halogens is 3. The number of likely N-dealkylation sites (tertiary alicyclic amines) is 1. The number of nitrogens with zero attached hydrogens (tertiary/aromatic N) is 1. The number of aryl methyl sites for hydroxylation is 1. The topological polar surface area (TPSA) is 91.7 Å². The maximum absolute atomic E-state index is 12.8. The van der Waals surface area contributed by atoms with Gasteiger partial charge in [0.15, 0.2) is 5.76 Å². The van der Waals surface area contributed by atoms with Crippen LogP contribution in [-0.4, -0.2) is 47.9 Å². The van der Waals surface area contributed by atoms with Gasteiger partial charge in [0, 0.05) is 17.8 Å². The van der Waals surface area contributed by atoms with Gasteiger partial charge in [0.1, 0.15) is 12.6 Å². The van der Waals surface area contributed by atoms with E-state index in [0.717, 1.165) is 0 Å². The zero-order chi connectivity index (χ0) is 21.9. The maximum Gasteiger partial charge on any atom is 0.405 e. The van der Waals surface area contributed by atoms with Crippen molar-refractivity contribution in [3.05, 3.63) is 53.5 Å². The Morgan fingerprint density at radius 3 is 2.67 bits per heavy atom. The van der Waals surface area contributed by atoms with E-state index >= 15 is 0 Å². The molecule has 0 radical (unpaired) electrons. The molecule has 0 spiro atoms. The van der Waals surface area contributed by atoms with E-state index < -0.39 is 36.5 Å². The monoisotopic (exact) mass is 423 g/mol. The highest BCUT2D eigenvalue weighted by Crippen LogP contribution is 2.24. The van der Waals surface area contributed by atoms with Crippen LogP contribution >= 0.6 is 0 Å². The highest BCUT2D eigenvalue weighted by molar-refractivity contribution is 6.02. The Hall–Kier alpha value is -3.30. The molecule has 1 saturated heterocycles. The highest BCUT2D eigenvalue weighted by Gasteiger charge is 2.35. The summed E-state index contributed by atoms with van der Waals surface area (Å²) in [5.41, 5.74) is 0.893. The molecule has 2 heterocycles. The molecule has 0 bridgehead atoms. The molecule has 0 aliphatic carbocycles. The van der Waals surface area contributed by atoms with Gasteiger partial charge in [-0.1, -0.05) is 6.07 Å². The van der Waals surface area contributed by atoms with E-state index in [4.69, 9.17) is 4.42 Å². The Balaban J connectivity index is 1.71. The SMILES string of the molecule is Cc1ccc(C(=O)NCC(F)(F)F)cc1NC(=O)C1CCCN1C(=O)c1ccco1. The van der Waals surface area contributed by atoms with E-state index in [1.807, 2.05) is 0 Å². The van der Waals surface area contributed by atoms with Gasteiger partial charge in [0.05, 0.1) is 6.26 Å². The summed E-state index contributed by atoms with van der Waals surface area (Å²) < 4.78 is 42.1. The van der Waals surface area contributed by atoms with Crippen LogP contribution in [-0.2, 0) is 4.79 Å². The van der Waals surface area contributed by atoms with E-state index in [9.17, 15) is 27.6 Å². The number of amides is 3. The van der Waals surface area contributed by atoms with Gasteiger partial charge in [-0.3, -0.25) is 14.4 Å². The molecule has 7 nitrogen and oxygen atoms in total. The largest absolute Gasteiger partial charge is 0.459 e. The highest BCUT2D eigenvalue weighted by atomic mass is 19.4. The van der Waals surface area contributed by atoms with E-state index in [0.29, 0.717) is 24.9 Å². The predicted molar refractivity (Wildman–Crippen MR) is 101 cm³/mol. The molecule has 1 aromatic carbocycles. The number of hydrogen-bond acceptors (Lipinski definition) is 4. The molecule has 1 unspecified atom stereocenters. The molecular weight excluding hydrogens is 403 g/mol. The van der Waals surface area contributed by atoms with Crippen LogP contribution in [0.4, 0.5) is 18.9 Å². The number of carbonyl (C=O) groups is 3. The lowest BCUT2D eigenvalue weighted by Gasteiger charge is -2.23. The van der Waals surface area contributed by atoms with Gasteiger partial charge in [-0.2, -0.15) is 13.2 Å². The molecule has 30 heavy (non-hydrogen) atoms. The maximum atomic E-state index is 12.8. The van der Waals surface area contributed by atoms with E-state index in [-0.39, 0.29) is 17.0 Å². The summed E-state index contributed by atoms with van der Waals surface area (Å²) in [5.74, 6) is -1.61. The van der Waals surface area contributed by atoms with Gasteiger partial charge < -0.3 is 20.0 Å². The molecule has 2 aromatic rings. The fourth-order valence-corrected chi connectivity index (χ4v) is 3.22. The fraction of sp³-hybridized carbons (Fsp3) is 0.350. The summed E-state index contributed by atoms with van der Waals surface area (Å²) in [6.07, 6.45) is -2.05. The summed E-state index contributed by atoms with van der Waals surface area (Å²) in [6, 6.07) is 6.59. The van der Waals surface area contributed by atoms with Crippen molar-refractivity contribution in [3.8, 4) is 0 Å². The van der Waals surface area contributed by atoms with Gasteiger partial charge >= 0.3 is 6.18 Å². The summed E-state index contributed by atoms with van der Waals surface area (Å²) in [7, 11) is 0. The Bertz CT molecular complexity index is 941. The van der Waals surface area contributed by atoms with Crippen molar-refractivity contribution in [3.63, 3.8) is 0 Å². The van der Waals surface area contributed by atoms with Crippen molar-refractivity contribution >= 4 is 23.4 Å². The van der Waals surface area contributed by atoms with Crippen molar-refractivity contribution in [2.24, 2.45) is 0 Å². The van der Waals surface area contributed by atoms with Crippen LogP contribution < -0.4 is 10.6 Å². The second kappa shape index (κ2) is 8.60. The Kier molecular flexibility index (Phi) is 6.14. The predicted octanol–water partition coefficient (Wildman–Crippen LogP) is 3.12. The molecule has 160 valence electrons. The van der Waals surface area contributed by atoms with Crippen molar-refractivity contribution in [2.45, 2.75) is 32.0 Å². The average molecular weight is 423 g/mol. The summed E-state index contributed by atoms with van der Waals surface area (Å²) in [4.78, 5) is 38.8. The lowest BCUT2D eigenvalue weighted by atomic mass is 10.1. The third-order valence-corrected chi connectivity index (χ3v) is 4.76. The lowest BCUT2D eigenvalue weighted by molar-refractivity contribution is -0.123. The Morgan fingerprint density at radius 1 is 1.23 bits per heavy atom. The van der Waals surface area contributed by atoms with Crippen LogP contribution in [0.3, 0.4) is 0 Å². The van der Waals surface area contributed by atoms with Crippen molar-refractivity contribution in [1.29, 1.82) is 0 Å². The second-order valence-electron chi connectivity index (χ2n) is 6.95. The molecule has 1 atom stereocenters. The van der Waals surface area contributed by atoms with Gasteiger partial charge in [-0.05, 0) is 49.6 Å². The van der Waals surface area contributed by atoms with Gasteiger partial charge in [0.2, 0.25) is 5.91 Å². The van der Waals surface area contributed by atoms with Crippen LogP contribution in [0.15, 0.2) is 41.0 Å². The van der Waals surface area contributed by atoms with Crippen LogP contribution in [0.25, 0.3) is 0 Å². The average Bonchev–Trinajstić information content (AvgIpc) is 3.38. The first-order valence-electron chi connectivity index (χ1n) is 9.26. The van der Waals surface area contributed by atoms with Crippen molar-refractivity contribution < 1.29 is 32.0 Å². The minimum absolute atomic E-state index is 0.0184. The van der Waals surface area contributed by atoms with Crippen molar-refractivity contribution in [1.82, 2.24) is 10.2 Å². The lowest BCUT2D eigenvalue weighted by Crippen LogP contribution is -2.43. The molecule has 10 heteroatoms. The number of rotatable bonds is 5. The zero-order valence-electron chi connectivity index (χ0n) is 16.1. The quantitative estimate of drug-likeness (QED) is 0.773. The van der Waals surface area contributed by atoms with Crippen LogP contribution in [0, 0.1) is 6.92 Å². The number of furan rings is 1. The van der Waals surface area contributed by atoms with E-state index in [1.165, 1.54) is 35.4 Å². The first kappa shape index (κ1) is 21.4. The summed E-state index contributed by atoms with van der Waals surface area (Å²) in [6.45, 7) is 0.636. The number of hydrogen-bond donors (Lipinski definition) is 2. The molecule has 3 rings (SSSR count). The molecule has 1 aliphatic rings. The van der Waals surface area contributed by atoms with Crippen molar-refractivity contribution in [2.75, 3.05) is 18.4 Å². The third kappa shape index (κ3) is 5.00. The molecule has 1 aliphatic heterocycles. The normalized spacial score (nSPS) is 16.4. The first-order valence-corrected chi connectivity index (χ1v) is 9.26. The molecule has 2 N–H and O–H groups in total. The number of benzene rings is 1. The minimum Gasteiger partial charge on any atom is -0.459 e. The zero-order valence-corrected chi connectivity index (χ0v) is 16.1. The molecule has 1 aromatic heterocycles. The van der Waals surface area contributed by atoms with E-state index in [2.05, 4.69) is 5.32 Å². The number of alkyl halides is 3. The third-order valence-electron chi connectivity index (χ3n) is 4.76. The number of nitrogens with one attached hydrogen (secondary N) is 2. The molecule has 3 amide bonds. The minimum atomic E-state index is -4.52. The molecular formula is C20H20F3N3O4. The standard InChI is InChI=1S/C20H20F3N3O4/c1-12-6-7-13(17(27)24-11-20(21,22)23)10-14(12)25-18(28)15-4-2-8-26(15)19(29)16-5-3-9-30-16/h3,5-7,9-10,15H,2,4,8,11H2,1H3,(H,24,27)(H,25,28). The van der Waals surface area contributed by atoms with Gasteiger partial charge in [-0.25, -0.2) is 0 Å². The summed E-state index contributed by atoms with van der Waals surface area (Å²) in [5, 5.41) is 4.48. The van der Waals surface area contributed by atoms with Gasteiger partial charge in [0.25, 0.3) is 11.8 Å². The summed E-state index contributed by atoms with van der Waals surface area (Å²) >= 11 is 0. The fourth-order valence-electron chi connectivity index (χ4n) is 3.22. The van der Waals surface area contributed by atoms with Crippen LogP contribution in [0.5, 0.6) is 0 Å². The smallest absolute Gasteiger partial charge is 0.405 e. The van der Waals surface area contributed by atoms with Gasteiger partial charge in [-0.15, -0.1) is 0 Å². The van der Waals surface area contributed by atoms with Crippen LogP contribution in [0.1, 0.15) is 39.3 Å². The number of carbonyl (C=O) groups excluding carboxylic acids is 3. The Morgan fingerprint density at radius 2 is 2.00 bits per heavy atom. The second-order valence-corrected chi connectivity index (χ2v) is 6.95. The van der Waals surface area contributed by atoms with E-state index in [1.54, 1.807) is 18.3 Å². The Labute approximate surface area is 170 Å². The molecule has 0 saturated carbocycles. The number of anilines is 1.